The number of thioether (sulfide) groups is 1. The summed E-state index contributed by atoms with van der Waals surface area (Å²) in [7, 11) is 1.85. The number of fused-ring (bicyclic) bond motifs is 1. The molecule has 4 rings (SSSR count). The monoisotopic (exact) mass is 391 g/mol. The zero-order chi connectivity index (χ0) is 19.5. The molecule has 0 radical (unpaired) electrons. The van der Waals surface area contributed by atoms with Gasteiger partial charge in [-0.05, 0) is 18.2 Å². The lowest BCUT2D eigenvalue weighted by Gasteiger charge is -2.02. The molecular formula is C20H17N5O2S. The second-order valence-electron chi connectivity index (χ2n) is 6.22. The number of furan rings is 1. The van der Waals surface area contributed by atoms with Gasteiger partial charge in [0.25, 0.3) is 0 Å². The third-order valence-corrected chi connectivity index (χ3v) is 5.48. The number of aryl methyl sites for hydroxylation is 1. The number of hydrogen-bond donors (Lipinski definition) is 0. The molecular weight excluding hydrogens is 374 g/mol. The number of nitrogens with zero attached hydrogens (tertiary/aromatic N) is 5. The fraction of sp³-hybridized carbons (Fsp3) is 0.200. The van der Waals surface area contributed by atoms with Gasteiger partial charge in [0.1, 0.15) is 0 Å². The molecule has 3 heterocycles. The van der Waals surface area contributed by atoms with Crippen molar-refractivity contribution < 1.29 is 9.21 Å². The predicted molar refractivity (Wildman–Crippen MR) is 106 cm³/mol. The van der Waals surface area contributed by atoms with Crippen molar-refractivity contribution in [1.82, 2.24) is 19.3 Å². The molecule has 4 aromatic rings. The Morgan fingerprint density at radius 2 is 2.11 bits per heavy atom. The average molecular weight is 391 g/mol. The molecule has 0 aliphatic carbocycles. The number of carbonyl (C=O) groups excluding carboxylic acids is 1. The molecule has 0 aliphatic heterocycles. The quantitative estimate of drug-likeness (QED) is 0.350. The third-order valence-electron chi connectivity index (χ3n) is 4.46. The fourth-order valence-electron chi connectivity index (χ4n) is 3.09. The standard InChI is InChI=1S/C20H17N5O2S/c1-24-19(18-8-4-11-27-18)22-23-20(24)28-13-17(26)15-12-25(10-5-9-21)16-7-3-2-6-14(15)16/h2-4,6-8,11-12H,5,10,13H2,1H3. The minimum absolute atomic E-state index is 0.0134. The second kappa shape index (κ2) is 7.74. The van der Waals surface area contributed by atoms with Gasteiger partial charge < -0.3 is 13.6 Å². The lowest BCUT2D eigenvalue weighted by atomic mass is 10.1. The number of carbonyl (C=O) groups is 1. The summed E-state index contributed by atoms with van der Waals surface area (Å²) in [6, 6.07) is 13.5. The van der Waals surface area contributed by atoms with Crippen LogP contribution in [0.2, 0.25) is 0 Å². The van der Waals surface area contributed by atoms with Crippen LogP contribution in [0.3, 0.4) is 0 Å². The Hall–Kier alpha value is -3.31. The minimum atomic E-state index is 0.0134. The Morgan fingerprint density at radius 3 is 2.89 bits per heavy atom. The first-order valence-electron chi connectivity index (χ1n) is 8.73. The molecule has 0 saturated heterocycles. The van der Waals surface area contributed by atoms with E-state index >= 15 is 0 Å². The molecule has 7 nitrogen and oxygen atoms in total. The first-order valence-corrected chi connectivity index (χ1v) is 9.71. The van der Waals surface area contributed by atoms with Crippen LogP contribution in [-0.2, 0) is 13.6 Å². The van der Waals surface area contributed by atoms with Crippen LogP contribution >= 0.6 is 11.8 Å². The van der Waals surface area contributed by atoms with Crippen LogP contribution in [0.25, 0.3) is 22.5 Å². The molecule has 0 amide bonds. The van der Waals surface area contributed by atoms with Gasteiger partial charge in [0.2, 0.25) is 0 Å². The van der Waals surface area contributed by atoms with Gasteiger partial charge in [-0.1, -0.05) is 30.0 Å². The van der Waals surface area contributed by atoms with Crippen LogP contribution in [0.4, 0.5) is 0 Å². The van der Waals surface area contributed by atoms with Crippen molar-refractivity contribution in [3.05, 3.63) is 54.4 Å². The molecule has 0 aliphatic rings. The van der Waals surface area contributed by atoms with Crippen LogP contribution < -0.4 is 0 Å². The molecule has 8 heteroatoms. The van der Waals surface area contributed by atoms with Crippen molar-refractivity contribution in [2.75, 3.05) is 5.75 Å². The van der Waals surface area contributed by atoms with Crippen molar-refractivity contribution in [2.24, 2.45) is 7.05 Å². The lowest BCUT2D eigenvalue weighted by molar-refractivity contribution is 0.102. The summed E-state index contributed by atoms with van der Waals surface area (Å²) < 4.78 is 9.15. The Balaban J connectivity index is 1.54. The molecule has 0 spiro atoms. The van der Waals surface area contributed by atoms with Gasteiger partial charge in [-0.3, -0.25) is 4.79 Å². The molecule has 0 saturated carbocycles. The number of aromatic nitrogens is 4. The van der Waals surface area contributed by atoms with Gasteiger partial charge in [-0.15, -0.1) is 10.2 Å². The van der Waals surface area contributed by atoms with Gasteiger partial charge in [-0.2, -0.15) is 5.26 Å². The molecule has 28 heavy (non-hydrogen) atoms. The van der Waals surface area contributed by atoms with E-state index in [1.807, 2.05) is 52.7 Å². The number of benzene rings is 1. The second-order valence-corrected chi connectivity index (χ2v) is 7.16. The highest BCUT2D eigenvalue weighted by Crippen LogP contribution is 2.26. The third kappa shape index (κ3) is 3.32. The molecule has 3 aromatic heterocycles. The van der Waals surface area contributed by atoms with E-state index in [9.17, 15) is 4.79 Å². The Kier molecular flexibility index (Phi) is 5.00. The van der Waals surface area contributed by atoms with Gasteiger partial charge in [0.15, 0.2) is 22.5 Å². The summed E-state index contributed by atoms with van der Waals surface area (Å²) in [4.78, 5) is 12.9. The summed E-state index contributed by atoms with van der Waals surface area (Å²) in [6.07, 6.45) is 3.83. The van der Waals surface area contributed by atoms with E-state index in [2.05, 4.69) is 16.3 Å². The summed E-state index contributed by atoms with van der Waals surface area (Å²) in [6.45, 7) is 0.563. The van der Waals surface area contributed by atoms with Crippen molar-refractivity contribution in [3.63, 3.8) is 0 Å². The molecule has 0 atom stereocenters. The highest BCUT2D eigenvalue weighted by atomic mass is 32.2. The van der Waals surface area contributed by atoms with Crippen LogP contribution in [0.1, 0.15) is 16.8 Å². The van der Waals surface area contributed by atoms with E-state index in [4.69, 9.17) is 9.68 Å². The Labute approximate surface area is 165 Å². The molecule has 0 fully saturated rings. The summed E-state index contributed by atoms with van der Waals surface area (Å²) in [5, 5.41) is 18.7. The summed E-state index contributed by atoms with van der Waals surface area (Å²) in [5.41, 5.74) is 1.62. The predicted octanol–water partition coefficient (Wildman–Crippen LogP) is 3.92. The van der Waals surface area contributed by atoms with Gasteiger partial charge >= 0.3 is 0 Å². The maximum Gasteiger partial charge on any atom is 0.200 e. The zero-order valence-electron chi connectivity index (χ0n) is 15.2. The zero-order valence-corrected chi connectivity index (χ0v) is 16.0. The van der Waals surface area contributed by atoms with Crippen molar-refractivity contribution >= 4 is 28.4 Å². The van der Waals surface area contributed by atoms with Crippen LogP contribution in [0.15, 0.2) is 58.4 Å². The number of nitriles is 1. The van der Waals surface area contributed by atoms with Crippen LogP contribution in [0.5, 0.6) is 0 Å². The molecule has 140 valence electrons. The molecule has 0 bridgehead atoms. The van der Waals surface area contributed by atoms with Crippen molar-refractivity contribution in [3.8, 4) is 17.7 Å². The fourth-order valence-corrected chi connectivity index (χ4v) is 3.89. The highest BCUT2D eigenvalue weighted by Gasteiger charge is 2.18. The van der Waals surface area contributed by atoms with Crippen molar-refractivity contribution in [2.45, 2.75) is 18.1 Å². The molecule has 0 N–H and O–H groups in total. The number of hydrogen-bond acceptors (Lipinski definition) is 6. The first-order chi connectivity index (χ1) is 13.7. The van der Waals surface area contributed by atoms with Gasteiger partial charge in [-0.25, -0.2) is 0 Å². The summed E-state index contributed by atoms with van der Waals surface area (Å²) >= 11 is 1.34. The largest absolute Gasteiger partial charge is 0.461 e. The molecule has 1 aromatic carbocycles. The SMILES string of the molecule is Cn1c(SCC(=O)c2cn(CCC#N)c3ccccc23)nnc1-c1ccco1. The first kappa shape index (κ1) is 18.1. The average Bonchev–Trinajstić information content (AvgIpc) is 3.44. The van der Waals surface area contributed by atoms with E-state index in [0.717, 1.165) is 10.9 Å². The lowest BCUT2D eigenvalue weighted by Crippen LogP contribution is -2.04. The van der Waals surface area contributed by atoms with E-state index in [1.54, 1.807) is 12.3 Å². The van der Waals surface area contributed by atoms with Crippen molar-refractivity contribution in [1.29, 1.82) is 5.26 Å². The number of ketones is 1. The maximum absolute atomic E-state index is 12.9. The Morgan fingerprint density at radius 1 is 1.25 bits per heavy atom. The van der Waals surface area contributed by atoms with Gasteiger partial charge in [0.05, 0.1) is 24.5 Å². The van der Waals surface area contributed by atoms with Crippen LogP contribution in [0, 0.1) is 11.3 Å². The number of rotatable bonds is 7. The van der Waals surface area contributed by atoms with E-state index < -0.39 is 0 Å². The summed E-state index contributed by atoms with van der Waals surface area (Å²) in [5.74, 6) is 1.51. The highest BCUT2D eigenvalue weighted by molar-refractivity contribution is 7.99. The van der Waals surface area contributed by atoms with E-state index in [1.165, 1.54) is 11.8 Å². The number of Topliss-reactive ketones (excluding diaryl/α,β-unsaturated/α-hetero) is 1. The maximum atomic E-state index is 12.9. The van der Waals surface area contributed by atoms with E-state index in [0.29, 0.717) is 35.3 Å². The molecule has 0 unspecified atom stereocenters. The minimum Gasteiger partial charge on any atom is -0.461 e. The Bertz CT molecular complexity index is 1170. The smallest absolute Gasteiger partial charge is 0.200 e. The normalized spacial score (nSPS) is 11.0. The van der Waals surface area contributed by atoms with Gasteiger partial charge in [0, 0.05) is 36.3 Å². The number of para-hydroxylation sites is 1. The topological polar surface area (TPSA) is 89.6 Å². The van der Waals surface area contributed by atoms with Crippen LogP contribution in [-0.4, -0.2) is 30.9 Å². The van der Waals surface area contributed by atoms with E-state index in [-0.39, 0.29) is 11.5 Å².